The Bertz CT molecular complexity index is 87.1. The van der Waals surface area contributed by atoms with Crippen molar-refractivity contribution >= 4 is 0 Å². The summed E-state index contributed by atoms with van der Waals surface area (Å²) in [5, 5.41) is 21.2. The molecule has 0 aliphatic carbocycles. The van der Waals surface area contributed by atoms with Crippen LogP contribution in [0.25, 0.3) is 0 Å². The average Bonchev–Trinajstić information content (AvgIpc) is 1.83. The van der Waals surface area contributed by atoms with Crippen molar-refractivity contribution in [2.24, 2.45) is 5.92 Å². The zero-order valence-corrected chi connectivity index (χ0v) is 5.54. The van der Waals surface area contributed by atoms with Crippen LogP contribution in [0, 0.1) is 5.92 Å². The predicted molar refractivity (Wildman–Crippen MR) is 34.0 cm³/mol. The van der Waals surface area contributed by atoms with Crippen LogP contribution in [-0.4, -0.2) is 35.5 Å². The summed E-state index contributed by atoms with van der Waals surface area (Å²) in [6.45, 7) is 3.24. The molecule has 3 nitrogen and oxygen atoms in total. The van der Waals surface area contributed by atoms with Gasteiger partial charge in [-0.2, -0.15) is 0 Å². The molecule has 1 aliphatic rings. The monoisotopic (exact) mass is 131 g/mol. The van der Waals surface area contributed by atoms with E-state index in [-0.39, 0.29) is 5.92 Å². The molecule has 0 bridgehead atoms. The molecule has 0 saturated carbocycles. The van der Waals surface area contributed by atoms with Crippen molar-refractivity contribution in [3.63, 3.8) is 0 Å². The predicted octanol–water partition coefficient (Wildman–Crippen LogP) is -1.05. The molecule has 1 aliphatic heterocycles. The number of aliphatic hydroxyl groups excluding tert-OH is 2. The fourth-order valence-corrected chi connectivity index (χ4v) is 1.08. The van der Waals surface area contributed by atoms with E-state index in [4.69, 9.17) is 10.2 Å². The highest BCUT2D eigenvalue weighted by Gasteiger charge is 2.26. The Morgan fingerprint density at radius 3 is 2.44 bits per heavy atom. The topological polar surface area (TPSA) is 52.5 Å². The first-order valence-corrected chi connectivity index (χ1v) is 3.28. The largest absolute Gasteiger partial charge is 0.390 e. The molecule has 1 rings (SSSR count). The van der Waals surface area contributed by atoms with Gasteiger partial charge in [0.2, 0.25) is 0 Å². The van der Waals surface area contributed by atoms with Gasteiger partial charge in [-0.25, -0.2) is 0 Å². The summed E-state index contributed by atoms with van der Waals surface area (Å²) in [6, 6.07) is 0. The Morgan fingerprint density at radius 2 is 2.00 bits per heavy atom. The van der Waals surface area contributed by atoms with Crippen molar-refractivity contribution in [3.8, 4) is 0 Å². The van der Waals surface area contributed by atoms with Gasteiger partial charge < -0.3 is 15.5 Å². The lowest BCUT2D eigenvalue weighted by Gasteiger charge is -2.29. The van der Waals surface area contributed by atoms with Crippen molar-refractivity contribution < 1.29 is 10.2 Å². The van der Waals surface area contributed by atoms with Gasteiger partial charge in [0.1, 0.15) is 0 Å². The normalized spacial score (nSPS) is 45.0. The number of aliphatic hydroxyl groups is 2. The third-order valence-corrected chi connectivity index (χ3v) is 1.80. The summed E-state index contributed by atoms with van der Waals surface area (Å²) in [6.07, 6.45) is -1.11. The van der Waals surface area contributed by atoms with E-state index in [1.54, 1.807) is 0 Å². The first kappa shape index (κ1) is 6.99. The summed E-state index contributed by atoms with van der Waals surface area (Å²) in [5.41, 5.74) is 0. The number of hydrogen-bond donors (Lipinski definition) is 3. The lowest BCUT2D eigenvalue weighted by molar-refractivity contribution is -0.0295. The van der Waals surface area contributed by atoms with Gasteiger partial charge in [-0.05, 0) is 5.92 Å². The van der Waals surface area contributed by atoms with Crippen LogP contribution in [0.5, 0.6) is 0 Å². The van der Waals surface area contributed by atoms with Gasteiger partial charge in [-0.15, -0.1) is 0 Å². The van der Waals surface area contributed by atoms with E-state index in [9.17, 15) is 0 Å². The maximum absolute atomic E-state index is 9.16. The lowest BCUT2D eigenvalue weighted by atomic mass is 9.96. The highest BCUT2D eigenvalue weighted by atomic mass is 16.3. The minimum atomic E-state index is -0.575. The molecule has 1 saturated heterocycles. The second kappa shape index (κ2) is 2.64. The standard InChI is InChI=1S/C6H13NO2/c1-4-2-7-3-5(8)6(4)9/h4-9H,2-3H2,1H3/t4-,5+,6+/m1/s1. The van der Waals surface area contributed by atoms with Gasteiger partial charge in [-0.1, -0.05) is 6.92 Å². The molecular formula is C6H13NO2. The number of rotatable bonds is 0. The molecule has 54 valence electrons. The minimum absolute atomic E-state index is 0.175. The van der Waals surface area contributed by atoms with Crippen molar-refractivity contribution in [2.45, 2.75) is 19.1 Å². The van der Waals surface area contributed by atoms with Crippen molar-refractivity contribution in [2.75, 3.05) is 13.1 Å². The van der Waals surface area contributed by atoms with Crippen LogP contribution < -0.4 is 5.32 Å². The molecule has 1 heterocycles. The molecule has 0 spiro atoms. The van der Waals surface area contributed by atoms with Crippen molar-refractivity contribution in [1.29, 1.82) is 0 Å². The Kier molecular flexibility index (Phi) is 2.05. The van der Waals surface area contributed by atoms with E-state index in [0.717, 1.165) is 6.54 Å². The smallest absolute Gasteiger partial charge is 0.0926 e. The fraction of sp³-hybridized carbons (Fsp3) is 1.00. The highest BCUT2D eigenvalue weighted by molar-refractivity contribution is 4.81. The maximum atomic E-state index is 9.16. The van der Waals surface area contributed by atoms with E-state index in [1.165, 1.54) is 0 Å². The SMILES string of the molecule is C[C@@H]1CNC[C@H](O)[C@H]1O. The second-order valence-electron chi connectivity index (χ2n) is 2.69. The molecule has 9 heavy (non-hydrogen) atoms. The Balaban J connectivity index is 2.41. The number of β-amino-alcohol motifs (C(OH)–C–C–N with tert-alkyl or cyclic N) is 1. The van der Waals surface area contributed by atoms with Crippen LogP contribution in [0.15, 0.2) is 0 Å². The molecule has 1 fully saturated rings. The number of nitrogens with one attached hydrogen (secondary N) is 1. The third kappa shape index (κ3) is 1.41. The maximum Gasteiger partial charge on any atom is 0.0926 e. The Morgan fingerprint density at radius 1 is 1.33 bits per heavy atom. The molecule has 3 heteroatoms. The molecule has 3 N–H and O–H groups in total. The summed E-state index contributed by atoms with van der Waals surface area (Å²) < 4.78 is 0. The minimum Gasteiger partial charge on any atom is -0.390 e. The van der Waals surface area contributed by atoms with Crippen LogP contribution in [0.4, 0.5) is 0 Å². The van der Waals surface area contributed by atoms with Gasteiger partial charge in [0, 0.05) is 13.1 Å². The number of piperidine rings is 1. The van der Waals surface area contributed by atoms with E-state index in [0.29, 0.717) is 6.54 Å². The van der Waals surface area contributed by atoms with Gasteiger partial charge >= 0.3 is 0 Å². The number of hydrogen-bond acceptors (Lipinski definition) is 3. The van der Waals surface area contributed by atoms with Crippen LogP contribution in [0.2, 0.25) is 0 Å². The quantitative estimate of drug-likeness (QED) is 0.393. The van der Waals surface area contributed by atoms with Gasteiger partial charge in [-0.3, -0.25) is 0 Å². The summed E-state index contributed by atoms with van der Waals surface area (Å²) in [5.74, 6) is 0.175. The molecule has 0 aromatic carbocycles. The molecular weight excluding hydrogens is 118 g/mol. The zero-order valence-electron chi connectivity index (χ0n) is 5.54. The van der Waals surface area contributed by atoms with Crippen LogP contribution >= 0.6 is 0 Å². The van der Waals surface area contributed by atoms with Crippen molar-refractivity contribution in [3.05, 3.63) is 0 Å². The van der Waals surface area contributed by atoms with Crippen LogP contribution in [0.3, 0.4) is 0 Å². The fourth-order valence-electron chi connectivity index (χ4n) is 1.08. The Labute approximate surface area is 54.7 Å². The first-order valence-electron chi connectivity index (χ1n) is 3.28. The molecule has 0 radical (unpaired) electrons. The summed E-state index contributed by atoms with van der Waals surface area (Å²) >= 11 is 0. The molecule has 0 aromatic heterocycles. The first-order chi connectivity index (χ1) is 4.22. The molecule has 3 atom stereocenters. The van der Waals surface area contributed by atoms with Crippen molar-refractivity contribution in [1.82, 2.24) is 5.32 Å². The van der Waals surface area contributed by atoms with E-state index in [2.05, 4.69) is 5.32 Å². The van der Waals surface area contributed by atoms with Crippen LogP contribution in [0.1, 0.15) is 6.92 Å². The van der Waals surface area contributed by atoms with Gasteiger partial charge in [0.25, 0.3) is 0 Å². The second-order valence-corrected chi connectivity index (χ2v) is 2.69. The van der Waals surface area contributed by atoms with E-state index in [1.807, 2.05) is 6.92 Å². The molecule has 0 unspecified atom stereocenters. The average molecular weight is 131 g/mol. The summed E-state index contributed by atoms with van der Waals surface area (Å²) in [4.78, 5) is 0. The lowest BCUT2D eigenvalue weighted by Crippen LogP contribution is -2.49. The van der Waals surface area contributed by atoms with E-state index < -0.39 is 12.2 Å². The van der Waals surface area contributed by atoms with Gasteiger partial charge in [0.15, 0.2) is 0 Å². The third-order valence-electron chi connectivity index (χ3n) is 1.80. The van der Waals surface area contributed by atoms with Crippen LogP contribution in [-0.2, 0) is 0 Å². The summed E-state index contributed by atoms with van der Waals surface area (Å²) in [7, 11) is 0. The van der Waals surface area contributed by atoms with E-state index >= 15 is 0 Å². The van der Waals surface area contributed by atoms with Gasteiger partial charge in [0.05, 0.1) is 12.2 Å². The Hall–Kier alpha value is -0.120. The zero-order chi connectivity index (χ0) is 6.85. The molecule has 0 amide bonds. The highest BCUT2D eigenvalue weighted by Crippen LogP contribution is 2.09. The molecule has 0 aromatic rings.